The lowest BCUT2D eigenvalue weighted by molar-refractivity contribution is -0.134. The Kier molecular flexibility index (Phi) is 8.36. The van der Waals surface area contributed by atoms with Crippen LogP contribution in [0.15, 0.2) is 47.1 Å². The van der Waals surface area contributed by atoms with Crippen molar-refractivity contribution in [2.45, 2.75) is 69.9 Å². The number of hydrogen-bond donors (Lipinski definition) is 3. The van der Waals surface area contributed by atoms with E-state index in [-0.39, 0.29) is 17.5 Å². The number of rotatable bonds is 7. The molecule has 8 rings (SSSR count). The quantitative estimate of drug-likeness (QED) is 0.245. The Labute approximate surface area is 284 Å². The summed E-state index contributed by atoms with van der Waals surface area (Å²) in [5.74, 6) is -0.455. The maximum atomic E-state index is 12.5. The average Bonchev–Trinajstić information content (AvgIpc) is 3.56. The predicted molar refractivity (Wildman–Crippen MR) is 185 cm³/mol. The van der Waals surface area contributed by atoms with E-state index >= 15 is 0 Å². The number of nitrogens with one attached hydrogen (secondary N) is 2. The molecule has 6 heterocycles. The van der Waals surface area contributed by atoms with E-state index in [1.807, 2.05) is 18.2 Å². The summed E-state index contributed by atoms with van der Waals surface area (Å²) in [6, 6.07) is 12.9. The molecule has 3 saturated heterocycles. The fourth-order valence-electron chi connectivity index (χ4n) is 7.92. The fourth-order valence-corrected chi connectivity index (χ4v) is 7.92. The number of carbonyl (C=O) groups excluding carboxylic acids is 3. The number of piperidine rings is 3. The summed E-state index contributed by atoms with van der Waals surface area (Å²) in [5.41, 5.74) is 11.6. The van der Waals surface area contributed by atoms with Crippen molar-refractivity contribution in [1.29, 1.82) is 0 Å². The van der Waals surface area contributed by atoms with Gasteiger partial charge in [-0.05, 0) is 80.8 Å². The Bertz CT molecular complexity index is 1890. The molecule has 4 aliphatic heterocycles. The molecular weight excluding hydrogens is 622 g/mol. The molecule has 3 fully saturated rings. The Hall–Kier alpha value is -5.04. The van der Waals surface area contributed by atoms with E-state index in [9.17, 15) is 14.4 Å². The van der Waals surface area contributed by atoms with Crippen molar-refractivity contribution < 1.29 is 18.9 Å². The number of nitrogens with zero attached hydrogens (tertiary/aromatic N) is 6. The van der Waals surface area contributed by atoms with Gasteiger partial charge in [-0.15, -0.1) is 0 Å². The maximum Gasteiger partial charge on any atom is 0.271 e. The second-order valence-electron chi connectivity index (χ2n) is 13.6. The average molecular weight is 664 g/mol. The van der Waals surface area contributed by atoms with Crippen molar-refractivity contribution in [2.24, 2.45) is 5.73 Å². The van der Waals surface area contributed by atoms with Crippen LogP contribution in [0.2, 0.25) is 0 Å². The van der Waals surface area contributed by atoms with Gasteiger partial charge in [0.2, 0.25) is 11.8 Å². The van der Waals surface area contributed by atoms with Crippen LogP contribution in [0.25, 0.3) is 11.0 Å². The molecule has 0 aliphatic carbocycles. The molecule has 4 aliphatic rings. The van der Waals surface area contributed by atoms with Gasteiger partial charge in [-0.1, -0.05) is 11.2 Å². The highest BCUT2D eigenvalue weighted by Crippen LogP contribution is 2.36. The zero-order valence-corrected chi connectivity index (χ0v) is 27.5. The largest absolute Gasteiger partial charge is 0.371 e. The number of imide groups is 1. The zero-order chi connectivity index (χ0) is 33.5. The molecule has 2 aromatic carbocycles. The highest BCUT2D eigenvalue weighted by molar-refractivity contribution is 6.02. The third-order valence-corrected chi connectivity index (χ3v) is 10.6. The number of fused-ring (bicyclic) bond motifs is 3. The summed E-state index contributed by atoms with van der Waals surface area (Å²) in [4.78, 5) is 52.6. The van der Waals surface area contributed by atoms with Crippen molar-refractivity contribution in [3.63, 3.8) is 0 Å². The first-order chi connectivity index (χ1) is 23.9. The summed E-state index contributed by atoms with van der Waals surface area (Å²) in [6.07, 6.45) is 8.88. The highest BCUT2D eigenvalue weighted by atomic mass is 16.5. The van der Waals surface area contributed by atoms with Gasteiger partial charge < -0.3 is 25.4 Å². The molecule has 2 aromatic heterocycles. The summed E-state index contributed by atoms with van der Waals surface area (Å²) in [7, 11) is 0. The van der Waals surface area contributed by atoms with Crippen LogP contribution in [0, 0.1) is 0 Å². The lowest BCUT2D eigenvalue weighted by atomic mass is 9.90. The van der Waals surface area contributed by atoms with Crippen LogP contribution in [-0.4, -0.2) is 76.5 Å². The van der Waals surface area contributed by atoms with Gasteiger partial charge in [0.05, 0.1) is 12.1 Å². The van der Waals surface area contributed by atoms with Crippen molar-refractivity contribution in [1.82, 2.24) is 25.3 Å². The van der Waals surface area contributed by atoms with Crippen LogP contribution < -0.4 is 26.2 Å². The number of hydrogen-bond acceptors (Lipinski definition) is 11. The number of benzene rings is 2. The molecule has 3 amide bonds. The minimum absolute atomic E-state index is 0.134. The number of primary amides is 1. The Balaban J connectivity index is 0.891. The highest BCUT2D eigenvalue weighted by Gasteiger charge is 2.34. The second-order valence-corrected chi connectivity index (χ2v) is 13.6. The Morgan fingerprint density at radius 1 is 0.918 bits per heavy atom. The van der Waals surface area contributed by atoms with E-state index in [2.05, 4.69) is 53.7 Å². The number of amides is 3. The number of aromatic nitrogens is 3. The topological polar surface area (TPSA) is 163 Å². The fraction of sp³-hybridized carbons (Fsp3) is 0.444. The van der Waals surface area contributed by atoms with Crippen LogP contribution in [0.1, 0.15) is 78.2 Å². The molecule has 1 unspecified atom stereocenters. The van der Waals surface area contributed by atoms with Crippen LogP contribution in [0.4, 0.5) is 23.0 Å². The third-order valence-electron chi connectivity index (χ3n) is 10.6. The van der Waals surface area contributed by atoms with Crippen molar-refractivity contribution in [3.05, 3.63) is 65.1 Å². The van der Waals surface area contributed by atoms with Crippen LogP contribution in [-0.2, 0) is 22.6 Å². The first-order valence-corrected chi connectivity index (χ1v) is 17.4. The van der Waals surface area contributed by atoms with Crippen molar-refractivity contribution in [3.8, 4) is 0 Å². The maximum absolute atomic E-state index is 12.5. The molecule has 0 radical (unpaired) electrons. The van der Waals surface area contributed by atoms with Gasteiger partial charge in [-0.25, -0.2) is 9.97 Å². The van der Waals surface area contributed by atoms with E-state index in [0.29, 0.717) is 30.4 Å². The lowest BCUT2D eigenvalue weighted by Gasteiger charge is -2.41. The van der Waals surface area contributed by atoms with Gasteiger partial charge in [0.25, 0.3) is 5.91 Å². The molecule has 254 valence electrons. The summed E-state index contributed by atoms with van der Waals surface area (Å²) >= 11 is 0. The van der Waals surface area contributed by atoms with Gasteiger partial charge in [0.1, 0.15) is 11.5 Å². The predicted octanol–water partition coefficient (Wildman–Crippen LogP) is 4.00. The van der Waals surface area contributed by atoms with Gasteiger partial charge in [-0.2, -0.15) is 0 Å². The van der Waals surface area contributed by atoms with Crippen LogP contribution in [0.3, 0.4) is 0 Å². The van der Waals surface area contributed by atoms with Crippen LogP contribution in [0.5, 0.6) is 0 Å². The first kappa shape index (κ1) is 31.2. The van der Waals surface area contributed by atoms with Crippen molar-refractivity contribution in [2.75, 3.05) is 47.8 Å². The van der Waals surface area contributed by atoms with Gasteiger partial charge in [-0.3, -0.25) is 24.6 Å². The van der Waals surface area contributed by atoms with E-state index in [0.717, 1.165) is 99.5 Å². The molecule has 13 heteroatoms. The molecule has 0 spiro atoms. The number of anilines is 4. The molecule has 4 aromatic rings. The number of nitrogens with two attached hydrogens (primary N) is 1. The first-order valence-electron chi connectivity index (χ1n) is 17.4. The lowest BCUT2D eigenvalue weighted by Crippen LogP contribution is -2.46. The summed E-state index contributed by atoms with van der Waals surface area (Å²) < 4.78 is 5.83. The Morgan fingerprint density at radius 3 is 2.47 bits per heavy atom. The molecule has 1 atom stereocenters. The van der Waals surface area contributed by atoms with E-state index in [1.165, 1.54) is 17.5 Å². The van der Waals surface area contributed by atoms with E-state index < -0.39 is 11.8 Å². The third kappa shape index (κ3) is 6.18. The minimum atomic E-state index is -0.609. The Morgan fingerprint density at radius 2 is 1.71 bits per heavy atom. The molecule has 0 bridgehead atoms. The van der Waals surface area contributed by atoms with E-state index in [1.54, 1.807) is 6.20 Å². The standard InChI is InChI=1S/C36H41N9O4/c37-34(47)32-35(40-29(20-38-32)44-15-2-1-3-16-44)39-23-5-7-24(8-6-23)43-17-12-25(13-18-43)45-19-14-26-22(21-45)4-9-27-31(42-49-33(26)27)28-10-11-30(46)41-36(28)48/h4-9,20,25,28H,1-3,10-19,21H2,(H2,37,47)(H,39,40)(H,41,46,48). The minimum Gasteiger partial charge on any atom is -0.371 e. The zero-order valence-electron chi connectivity index (χ0n) is 27.5. The van der Waals surface area contributed by atoms with E-state index in [4.69, 9.17) is 15.2 Å². The molecular formula is C36H41N9O4. The van der Waals surface area contributed by atoms with Gasteiger partial charge in [0, 0.05) is 74.1 Å². The molecule has 4 N–H and O–H groups in total. The van der Waals surface area contributed by atoms with Gasteiger partial charge in [0.15, 0.2) is 17.1 Å². The molecule has 49 heavy (non-hydrogen) atoms. The SMILES string of the molecule is NC(=O)c1ncc(N2CCCCC2)nc1Nc1ccc(N2CCC(N3CCc4c(ccc5c(C6CCC(=O)NC6=O)noc45)C3)CC2)cc1. The smallest absolute Gasteiger partial charge is 0.271 e. The second kappa shape index (κ2) is 13.1. The number of carbonyl (C=O) groups is 3. The van der Waals surface area contributed by atoms with Crippen molar-refractivity contribution >= 4 is 51.7 Å². The molecule has 0 saturated carbocycles. The van der Waals surface area contributed by atoms with Gasteiger partial charge >= 0.3 is 0 Å². The normalized spacial score (nSPS) is 20.7. The summed E-state index contributed by atoms with van der Waals surface area (Å²) in [6.45, 7) is 5.60. The summed E-state index contributed by atoms with van der Waals surface area (Å²) in [5, 5.41) is 10.9. The monoisotopic (exact) mass is 663 g/mol. The van der Waals surface area contributed by atoms with Crippen LogP contribution >= 0.6 is 0 Å². The molecule has 13 nitrogen and oxygen atoms in total.